The van der Waals surface area contributed by atoms with Crippen LogP contribution < -0.4 is 10.7 Å². The Hall–Kier alpha value is -2.62. The number of benzene rings is 1. The van der Waals surface area contributed by atoms with Crippen molar-refractivity contribution < 1.29 is 9.90 Å². The predicted molar refractivity (Wildman–Crippen MR) is 104 cm³/mol. The molecule has 5 nitrogen and oxygen atoms in total. The van der Waals surface area contributed by atoms with Gasteiger partial charge in [0.05, 0.1) is 17.0 Å². The van der Waals surface area contributed by atoms with Crippen LogP contribution >= 0.6 is 11.3 Å². The lowest BCUT2D eigenvalue weighted by atomic mass is 9.91. The molecule has 0 amide bonds. The minimum Gasteiger partial charge on any atom is -0.481 e. The van der Waals surface area contributed by atoms with E-state index >= 15 is 0 Å². The molecule has 0 saturated carbocycles. The highest BCUT2D eigenvalue weighted by molar-refractivity contribution is 7.14. The Bertz CT molecular complexity index is 820. The van der Waals surface area contributed by atoms with Gasteiger partial charge in [0.2, 0.25) is 0 Å². The third-order valence-corrected chi connectivity index (χ3v) is 5.12. The number of nitrogens with zero attached hydrogens (tertiary/aromatic N) is 1. The number of carbonyl (C=O) groups is 1. The molecule has 134 valence electrons. The van der Waals surface area contributed by atoms with Gasteiger partial charge >= 0.3 is 5.97 Å². The van der Waals surface area contributed by atoms with Gasteiger partial charge in [0.15, 0.2) is 0 Å². The monoisotopic (exact) mass is 367 g/mol. The van der Waals surface area contributed by atoms with Crippen LogP contribution in [0.1, 0.15) is 21.7 Å². The van der Waals surface area contributed by atoms with Gasteiger partial charge in [0, 0.05) is 23.5 Å². The van der Waals surface area contributed by atoms with Crippen LogP contribution in [-0.4, -0.2) is 36.9 Å². The number of piperidine rings is 1. The highest BCUT2D eigenvalue weighted by Crippen LogP contribution is 2.16. The average molecular weight is 367 g/mol. The third kappa shape index (κ3) is 5.45. The van der Waals surface area contributed by atoms with Gasteiger partial charge < -0.3 is 15.8 Å². The molecule has 0 spiro atoms. The second-order valence-corrected chi connectivity index (χ2v) is 7.35. The van der Waals surface area contributed by atoms with E-state index in [1.165, 1.54) is 0 Å². The Morgan fingerprint density at radius 2 is 2.12 bits per heavy atom. The van der Waals surface area contributed by atoms with E-state index in [0.29, 0.717) is 19.5 Å². The first-order chi connectivity index (χ1) is 12.7. The maximum atomic E-state index is 11.1. The lowest BCUT2D eigenvalue weighted by Gasteiger charge is -2.27. The number of thiophene rings is 1. The van der Waals surface area contributed by atoms with Crippen molar-refractivity contribution in [3.05, 3.63) is 57.8 Å². The Labute approximate surface area is 157 Å². The zero-order valence-corrected chi connectivity index (χ0v) is 15.1. The number of carboxylic acid groups (broad SMARTS) is 1. The Morgan fingerprint density at radius 3 is 2.92 bits per heavy atom. The molecule has 3 N–H and O–H groups in total. The third-order valence-electron chi connectivity index (χ3n) is 4.18. The van der Waals surface area contributed by atoms with Crippen LogP contribution in [0, 0.1) is 23.7 Å². The van der Waals surface area contributed by atoms with E-state index in [1.54, 1.807) is 17.6 Å². The first-order valence-electron chi connectivity index (χ1n) is 8.57. The van der Waals surface area contributed by atoms with Gasteiger partial charge in [-0.3, -0.25) is 4.79 Å². The van der Waals surface area contributed by atoms with Crippen LogP contribution in [0.25, 0.3) is 0 Å². The maximum absolute atomic E-state index is 11.1. The molecule has 1 aliphatic rings. The minimum absolute atomic E-state index is 0.276. The van der Waals surface area contributed by atoms with Crippen LogP contribution in [0.2, 0.25) is 0 Å². The molecule has 3 rings (SSSR count). The first kappa shape index (κ1) is 18.2. The van der Waals surface area contributed by atoms with E-state index in [1.807, 2.05) is 42.5 Å². The molecule has 0 aliphatic carbocycles. The van der Waals surface area contributed by atoms with Gasteiger partial charge in [0.1, 0.15) is 0 Å². The summed E-state index contributed by atoms with van der Waals surface area (Å²) >= 11 is 1.59. The summed E-state index contributed by atoms with van der Waals surface area (Å²) in [5.74, 6) is 5.55. The molecule has 1 aromatic carbocycles. The van der Waals surface area contributed by atoms with Crippen molar-refractivity contribution >= 4 is 23.5 Å². The molecule has 1 aromatic heterocycles. The van der Waals surface area contributed by atoms with Crippen molar-refractivity contribution in [2.75, 3.05) is 19.6 Å². The van der Waals surface area contributed by atoms with E-state index < -0.39 is 5.97 Å². The van der Waals surface area contributed by atoms with E-state index in [2.05, 4.69) is 27.7 Å². The molecule has 26 heavy (non-hydrogen) atoms. The molecular weight excluding hydrogens is 346 g/mol. The van der Waals surface area contributed by atoms with E-state index in [4.69, 9.17) is 5.11 Å². The standard InChI is InChI=1S/C20H21N3O2S/c24-20(25)17-10-16(11-21-13-17)12-22-23-14-19-9-8-18(26-19)7-6-15-4-2-1-3-5-15/h1-5,8-9,14,16-17,21-22H,10-13H2,(H,24,25)/b23-14+/t16-,17-/m1/s1. The number of aliphatic carboxylic acids is 1. The highest BCUT2D eigenvalue weighted by atomic mass is 32.1. The summed E-state index contributed by atoms with van der Waals surface area (Å²) in [6, 6.07) is 13.9. The molecule has 1 fully saturated rings. The second kappa shape index (κ2) is 9.18. The normalized spacial score (nSPS) is 19.7. The fourth-order valence-corrected chi connectivity index (χ4v) is 3.54. The molecule has 2 atom stereocenters. The van der Waals surface area contributed by atoms with Crippen molar-refractivity contribution in [3.63, 3.8) is 0 Å². The van der Waals surface area contributed by atoms with E-state index in [-0.39, 0.29) is 11.8 Å². The Morgan fingerprint density at radius 1 is 1.27 bits per heavy atom. The minimum atomic E-state index is -0.728. The number of rotatable bonds is 5. The largest absolute Gasteiger partial charge is 0.481 e. The van der Waals surface area contributed by atoms with E-state index in [9.17, 15) is 4.79 Å². The number of carboxylic acids is 1. The second-order valence-electron chi connectivity index (χ2n) is 6.23. The molecule has 6 heteroatoms. The molecule has 2 heterocycles. The van der Waals surface area contributed by atoms with Gasteiger partial charge in [-0.05, 0) is 43.1 Å². The fraction of sp³-hybridized carbons (Fsp3) is 0.300. The summed E-state index contributed by atoms with van der Waals surface area (Å²) in [7, 11) is 0. The SMILES string of the molecule is O=C(O)[C@H]1CNC[C@H](CN/N=C/c2ccc(C#Cc3ccccc3)s2)C1. The summed E-state index contributed by atoms with van der Waals surface area (Å²) < 4.78 is 0. The molecule has 1 saturated heterocycles. The summed E-state index contributed by atoms with van der Waals surface area (Å²) in [5.41, 5.74) is 4.04. The molecule has 2 aromatic rings. The van der Waals surface area contributed by atoms with Crippen LogP contribution in [0.3, 0.4) is 0 Å². The fourth-order valence-electron chi connectivity index (χ4n) is 2.81. The Kier molecular flexibility index (Phi) is 6.42. The summed E-state index contributed by atoms with van der Waals surface area (Å²) in [6.45, 7) is 2.04. The van der Waals surface area contributed by atoms with Crippen LogP contribution in [0.15, 0.2) is 47.6 Å². The summed E-state index contributed by atoms with van der Waals surface area (Å²) in [5, 5.41) is 16.5. The van der Waals surface area contributed by atoms with Gasteiger partial charge in [-0.2, -0.15) is 5.10 Å². The van der Waals surface area contributed by atoms with Crippen molar-refractivity contribution in [1.29, 1.82) is 0 Å². The van der Waals surface area contributed by atoms with Crippen molar-refractivity contribution in [1.82, 2.24) is 10.7 Å². The smallest absolute Gasteiger partial charge is 0.307 e. The zero-order valence-electron chi connectivity index (χ0n) is 14.3. The van der Waals surface area contributed by atoms with Crippen molar-refractivity contribution in [2.24, 2.45) is 16.9 Å². The maximum Gasteiger partial charge on any atom is 0.307 e. The molecular formula is C20H21N3O2S. The first-order valence-corrected chi connectivity index (χ1v) is 9.38. The lowest BCUT2D eigenvalue weighted by molar-refractivity contribution is -0.142. The topological polar surface area (TPSA) is 73.7 Å². The number of hydrogen-bond donors (Lipinski definition) is 3. The number of hydrogen-bond acceptors (Lipinski definition) is 5. The van der Waals surface area contributed by atoms with Crippen LogP contribution in [-0.2, 0) is 4.79 Å². The van der Waals surface area contributed by atoms with Gasteiger partial charge in [-0.15, -0.1) is 11.3 Å². The molecule has 1 aliphatic heterocycles. The van der Waals surface area contributed by atoms with E-state index in [0.717, 1.165) is 21.9 Å². The quantitative estimate of drug-likeness (QED) is 0.431. The van der Waals surface area contributed by atoms with Gasteiger partial charge in [-0.25, -0.2) is 0 Å². The number of nitrogens with one attached hydrogen (secondary N) is 2. The highest BCUT2D eigenvalue weighted by Gasteiger charge is 2.26. The van der Waals surface area contributed by atoms with Gasteiger partial charge in [-0.1, -0.05) is 30.0 Å². The van der Waals surface area contributed by atoms with Crippen molar-refractivity contribution in [2.45, 2.75) is 6.42 Å². The molecule has 0 radical (unpaired) electrons. The van der Waals surface area contributed by atoms with Crippen LogP contribution in [0.5, 0.6) is 0 Å². The molecule has 0 bridgehead atoms. The van der Waals surface area contributed by atoms with Crippen LogP contribution in [0.4, 0.5) is 0 Å². The number of hydrazone groups is 1. The lowest BCUT2D eigenvalue weighted by Crippen LogP contribution is -2.42. The Balaban J connectivity index is 1.47. The predicted octanol–water partition coefficient (Wildman–Crippen LogP) is 2.38. The summed E-state index contributed by atoms with van der Waals surface area (Å²) in [6.07, 6.45) is 2.46. The average Bonchev–Trinajstić information content (AvgIpc) is 3.12. The van der Waals surface area contributed by atoms with Crippen molar-refractivity contribution in [3.8, 4) is 11.8 Å². The summed E-state index contributed by atoms with van der Waals surface area (Å²) in [4.78, 5) is 13.1. The van der Waals surface area contributed by atoms with Gasteiger partial charge in [0.25, 0.3) is 0 Å². The molecule has 0 unspecified atom stereocenters. The zero-order chi connectivity index (χ0) is 18.2.